The van der Waals surface area contributed by atoms with Crippen molar-refractivity contribution in [1.82, 2.24) is 14.5 Å². The molecule has 3 aromatic rings. The number of pyridine rings is 1. The van der Waals surface area contributed by atoms with Crippen molar-refractivity contribution >= 4 is 34.4 Å². The smallest absolute Gasteiger partial charge is 0.239 e. The summed E-state index contributed by atoms with van der Waals surface area (Å²) in [6, 6.07) is 6.12. The summed E-state index contributed by atoms with van der Waals surface area (Å²) in [5.74, 6) is 0.464. The highest BCUT2D eigenvalue weighted by Gasteiger charge is 2.18. The summed E-state index contributed by atoms with van der Waals surface area (Å²) in [6.07, 6.45) is 0. The first-order valence-electron chi connectivity index (χ1n) is 8.12. The number of rotatable bonds is 3. The molecule has 1 N–H and O–H groups in total. The van der Waals surface area contributed by atoms with Crippen molar-refractivity contribution < 1.29 is 4.79 Å². The number of imidazole rings is 1. The Morgan fingerprint density at radius 3 is 2.32 bits per heavy atom. The summed E-state index contributed by atoms with van der Waals surface area (Å²) in [6.45, 7) is 10.1. The Morgan fingerprint density at radius 1 is 1.08 bits per heavy atom. The average molecular weight is 357 g/mol. The molecule has 1 amide bonds. The van der Waals surface area contributed by atoms with Gasteiger partial charge in [0.15, 0.2) is 5.65 Å². The second-order valence-corrected chi connectivity index (χ2v) is 6.67. The van der Waals surface area contributed by atoms with Crippen molar-refractivity contribution in [3.05, 3.63) is 46.4 Å². The van der Waals surface area contributed by atoms with Gasteiger partial charge in [0.1, 0.15) is 17.2 Å². The van der Waals surface area contributed by atoms with Crippen molar-refractivity contribution in [3.8, 4) is 5.69 Å². The molecule has 0 saturated carbocycles. The van der Waals surface area contributed by atoms with E-state index in [9.17, 15) is 4.79 Å². The predicted octanol–water partition coefficient (Wildman–Crippen LogP) is 4.14. The monoisotopic (exact) mass is 356 g/mol. The van der Waals surface area contributed by atoms with Gasteiger partial charge >= 0.3 is 0 Å². The lowest BCUT2D eigenvalue weighted by Crippen LogP contribution is -2.13. The fourth-order valence-electron chi connectivity index (χ4n) is 3.35. The maximum atomic E-state index is 11.7. The molecule has 5 nitrogen and oxygen atoms in total. The van der Waals surface area contributed by atoms with Crippen LogP contribution in [0.3, 0.4) is 0 Å². The molecular formula is C19H21ClN4O. The molecule has 0 saturated heterocycles. The normalized spacial score (nSPS) is 11.1. The number of anilines is 1. The van der Waals surface area contributed by atoms with Gasteiger partial charge in [-0.15, -0.1) is 11.6 Å². The molecule has 0 aliphatic carbocycles. The van der Waals surface area contributed by atoms with Crippen LogP contribution in [0.1, 0.15) is 28.2 Å². The number of nitrogens with zero attached hydrogens (tertiary/aromatic N) is 3. The zero-order chi connectivity index (χ0) is 18.3. The summed E-state index contributed by atoms with van der Waals surface area (Å²) in [4.78, 5) is 21.1. The number of hydrogen-bond donors (Lipinski definition) is 1. The quantitative estimate of drug-likeness (QED) is 0.717. The van der Waals surface area contributed by atoms with Crippen LogP contribution in [0.4, 0.5) is 5.69 Å². The van der Waals surface area contributed by atoms with Crippen molar-refractivity contribution in [1.29, 1.82) is 0 Å². The molecule has 0 atom stereocenters. The Balaban J connectivity index is 2.31. The summed E-state index contributed by atoms with van der Waals surface area (Å²) in [5.41, 5.74) is 7.47. The molecule has 0 bridgehead atoms. The van der Waals surface area contributed by atoms with E-state index in [-0.39, 0.29) is 11.8 Å². The molecular weight excluding hydrogens is 336 g/mol. The van der Waals surface area contributed by atoms with Crippen LogP contribution in [0.2, 0.25) is 0 Å². The predicted molar refractivity (Wildman–Crippen MR) is 102 cm³/mol. The molecule has 0 aliphatic heterocycles. The number of carbonyl (C=O) groups excluding carboxylic acids is 1. The minimum atomic E-state index is -0.261. The van der Waals surface area contributed by atoms with Gasteiger partial charge < -0.3 is 5.32 Å². The third-order valence-electron chi connectivity index (χ3n) is 4.17. The lowest BCUT2D eigenvalue weighted by Gasteiger charge is -2.15. The van der Waals surface area contributed by atoms with Crippen molar-refractivity contribution in [2.24, 2.45) is 0 Å². The first kappa shape index (κ1) is 17.4. The highest BCUT2D eigenvalue weighted by molar-refractivity contribution is 6.29. The van der Waals surface area contributed by atoms with E-state index in [1.807, 2.05) is 19.9 Å². The minimum Gasteiger partial charge on any atom is -0.323 e. The van der Waals surface area contributed by atoms with E-state index in [1.54, 1.807) is 0 Å². The van der Waals surface area contributed by atoms with E-state index in [1.165, 1.54) is 5.56 Å². The van der Waals surface area contributed by atoms with Gasteiger partial charge in [-0.1, -0.05) is 17.7 Å². The molecule has 3 rings (SSSR count). The highest BCUT2D eigenvalue weighted by Crippen LogP contribution is 2.30. The number of benzene rings is 1. The van der Waals surface area contributed by atoms with Crippen LogP contribution in [0.25, 0.3) is 16.9 Å². The van der Waals surface area contributed by atoms with Gasteiger partial charge in [-0.05, 0) is 51.8 Å². The molecule has 0 aliphatic rings. The Morgan fingerprint density at radius 2 is 1.72 bits per heavy atom. The largest absolute Gasteiger partial charge is 0.323 e. The Kier molecular flexibility index (Phi) is 4.52. The van der Waals surface area contributed by atoms with Crippen LogP contribution in [-0.2, 0) is 4.79 Å². The molecule has 0 radical (unpaired) electrons. The fourth-order valence-corrected chi connectivity index (χ4v) is 3.42. The summed E-state index contributed by atoms with van der Waals surface area (Å²) >= 11 is 5.63. The SMILES string of the molecule is Cc1cc(C)c(-n2c(C)nc3c(NC(=O)CCl)cc(C)nc32)c(C)c1. The Hall–Kier alpha value is -2.40. The first-order valence-corrected chi connectivity index (χ1v) is 8.66. The van der Waals surface area contributed by atoms with Crippen LogP contribution >= 0.6 is 11.6 Å². The Labute approximate surface area is 152 Å². The number of aryl methyl sites for hydroxylation is 5. The number of hydrogen-bond acceptors (Lipinski definition) is 3. The second-order valence-electron chi connectivity index (χ2n) is 6.41. The van der Waals surface area contributed by atoms with Crippen LogP contribution in [0, 0.1) is 34.6 Å². The van der Waals surface area contributed by atoms with E-state index >= 15 is 0 Å². The van der Waals surface area contributed by atoms with Gasteiger partial charge in [-0.3, -0.25) is 9.36 Å². The topological polar surface area (TPSA) is 59.8 Å². The van der Waals surface area contributed by atoms with Gasteiger partial charge in [-0.25, -0.2) is 9.97 Å². The third-order valence-corrected chi connectivity index (χ3v) is 4.41. The van der Waals surface area contributed by atoms with E-state index in [0.717, 1.165) is 34.0 Å². The highest BCUT2D eigenvalue weighted by atomic mass is 35.5. The zero-order valence-electron chi connectivity index (χ0n) is 15.1. The molecule has 25 heavy (non-hydrogen) atoms. The summed E-state index contributed by atoms with van der Waals surface area (Å²) in [5, 5.41) is 2.82. The van der Waals surface area contributed by atoms with Crippen LogP contribution in [-0.4, -0.2) is 26.3 Å². The number of amides is 1. The lowest BCUT2D eigenvalue weighted by atomic mass is 10.0. The first-order chi connectivity index (χ1) is 11.8. The van der Waals surface area contributed by atoms with Crippen LogP contribution in [0.15, 0.2) is 18.2 Å². The van der Waals surface area contributed by atoms with Crippen molar-refractivity contribution in [2.75, 3.05) is 11.2 Å². The molecule has 2 heterocycles. The molecule has 1 aromatic carbocycles. The Bertz CT molecular complexity index is 968. The maximum Gasteiger partial charge on any atom is 0.239 e. The van der Waals surface area contributed by atoms with E-state index in [4.69, 9.17) is 11.6 Å². The lowest BCUT2D eigenvalue weighted by molar-refractivity contribution is -0.113. The summed E-state index contributed by atoms with van der Waals surface area (Å²) in [7, 11) is 0. The van der Waals surface area contributed by atoms with E-state index in [2.05, 4.69) is 52.8 Å². The van der Waals surface area contributed by atoms with E-state index < -0.39 is 0 Å². The van der Waals surface area contributed by atoms with Gasteiger partial charge in [0.05, 0.1) is 11.4 Å². The van der Waals surface area contributed by atoms with Gasteiger partial charge in [0.2, 0.25) is 5.91 Å². The number of aromatic nitrogens is 3. The number of alkyl halides is 1. The average Bonchev–Trinajstić information content (AvgIpc) is 2.83. The van der Waals surface area contributed by atoms with Crippen LogP contribution in [0.5, 0.6) is 0 Å². The van der Waals surface area contributed by atoms with Crippen LogP contribution < -0.4 is 5.32 Å². The number of nitrogens with one attached hydrogen (secondary N) is 1. The molecule has 0 spiro atoms. The van der Waals surface area contributed by atoms with Crippen molar-refractivity contribution in [2.45, 2.75) is 34.6 Å². The molecule has 2 aromatic heterocycles. The number of carbonyl (C=O) groups is 1. The number of halogens is 1. The molecule has 130 valence electrons. The van der Waals surface area contributed by atoms with E-state index in [0.29, 0.717) is 11.2 Å². The standard InChI is InChI=1S/C19H21ClN4O/c1-10-6-11(2)18(12(3)7-10)24-14(5)22-17-15(23-16(25)9-20)8-13(4)21-19(17)24/h6-8H,9H2,1-5H3,(H,21,23,25). The number of fused-ring (bicyclic) bond motifs is 1. The maximum absolute atomic E-state index is 11.7. The minimum absolute atomic E-state index is 0.0985. The molecule has 0 unspecified atom stereocenters. The van der Waals surface area contributed by atoms with Gasteiger partial charge in [0, 0.05) is 5.69 Å². The third kappa shape index (κ3) is 3.12. The molecule has 6 heteroatoms. The fraction of sp³-hybridized carbons (Fsp3) is 0.316. The van der Waals surface area contributed by atoms with Gasteiger partial charge in [-0.2, -0.15) is 0 Å². The zero-order valence-corrected chi connectivity index (χ0v) is 15.8. The van der Waals surface area contributed by atoms with Gasteiger partial charge in [0.25, 0.3) is 0 Å². The molecule has 0 fully saturated rings. The van der Waals surface area contributed by atoms with Crippen molar-refractivity contribution in [3.63, 3.8) is 0 Å². The summed E-state index contributed by atoms with van der Waals surface area (Å²) < 4.78 is 2.06. The second kappa shape index (κ2) is 6.48.